The SMILES string of the molecule is CNCCC#Cc1c[nH]c(C=O)c1. The number of carbonyl (C=O) groups excluding carboxylic acids is 1. The fraction of sp³-hybridized carbons (Fsp3) is 0.300. The lowest BCUT2D eigenvalue weighted by Gasteiger charge is -1.86. The van der Waals surface area contributed by atoms with E-state index in [0.29, 0.717) is 5.69 Å². The summed E-state index contributed by atoms with van der Waals surface area (Å²) in [5, 5.41) is 3.00. The highest BCUT2D eigenvalue weighted by Crippen LogP contribution is 1.98. The Balaban J connectivity index is 2.51. The third-order valence-electron chi connectivity index (χ3n) is 1.57. The molecule has 0 saturated heterocycles. The zero-order chi connectivity index (χ0) is 9.52. The predicted octanol–water partition coefficient (Wildman–Crippen LogP) is 0.788. The summed E-state index contributed by atoms with van der Waals surface area (Å²) < 4.78 is 0. The number of rotatable bonds is 3. The van der Waals surface area contributed by atoms with Crippen molar-refractivity contribution in [3.8, 4) is 11.8 Å². The molecule has 0 bridgehead atoms. The molecule has 0 spiro atoms. The van der Waals surface area contributed by atoms with E-state index in [2.05, 4.69) is 22.1 Å². The molecule has 0 aliphatic heterocycles. The fourth-order valence-electron chi connectivity index (χ4n) is 0.904. The van der Waals surface area contributed by atoms with Crippen LogP contribution in [0.4, 0.5) is 0 Å². The minimum Gasteiger partial charge on any atom is -0.358 e. The van der Waals surface area contributed by atoms with Gasteiger partial charge in [-0.3, -0.25) is 4.79 Å². The Bertz CT molecular complexity index is 330. The van der Waals surface area contributed by atoms with Gasteiger partial charge in [0.05, 0.1) is 5.69 Å². The molecule has 0 aliphatic carbocycles. The lowest BCUT2D eigenvalue weighted by Crippen LogP contribution is -2.05. The lowest BCUT2D eigenvalue weighted by atomic mass is 10.3. The summed E-state index contributed by atoms with van der Waals surface area (Å²) >= 11 is 0. The van der Waals surface area contributed by atoms with Crippen LogP contribution in [0.2, 0.25) is 0 Å². The van der Waals surface area contributed by atoms with Crippen molar-refractivity contribution in [1.29, 1.82) is 0 Å². The van der Waals surface area contributed by atoms with E-state index in [1.165, 1.54) is 0 Å². The Hall–Kier alpha value is -1.53. The summed E-state index contributed by atoms with van der Waals surface area (Å²) in [7, 11) is 1.89. The van der Waals surface area contributed by atoms with E-state index in [1.807, 2.05) is 7.05 Å². The van der Waals surface area contributed by atoms with E-state index in [9.17, 15) is 4.79 Å². The van der Waals surface area contributed by atoms with Gasteiger partial charge in [-0.15, -0.1) is 0 Å². The maximum Gasteiger partial charge on any atom is 0.166 e. The first-order valence-electron chi connectivity index (χ1n) is 4.14. The molecule has 13 heavy (non-hydrogen) atoms. The molecule has 68 valence electrons. The largest absolute Gasteiger partial charge is 0.358 e. The first kappa shape index (κ1) is 9.56. The van der Waals surface area contributed by atoms with Crippen molar-refractivity contribution >= 4 is 6.29 Å². The normalized spacial score (nSPS) is 9.00. The van der Waals surface area contributed by atoms with Crippen molar-refractivity contribution in [3.63, 3.8) is 0 Å². The summed E-state index contributed by atoms with van der Waals surface area (Å²) in [6, 6.07) is 1.74. The molecule has 0 radical (unpaired) electrons. The standard InChI is InChI=1S/C10H12N2O/c1-11-5-3-2-4-9-6-10(8-13)12-7-9/h6-8,11-12H,3,5H2,1H3. The summed E-state index contributed by atoms with van der Waals surface area (Å²) in [5.41, 5.74) is 1.43. The smallest absolute Gasteiger partial charge is 0.166 e. The number of aromatic amines is 1. The molecule has 0 aliphatic rings. The van der Waals surface area contributed by atoms with Crippen LogP contribution in [-0.2, 0) is 0 Å². The zero-order valence-corrected chi connectivity index (χ0v) is 7.55. The Kier molecular flexibility index (Phi) is 3.80. The van der Waals surface area contributed by atoms with Gasteiger partial charge >= 0.3 is 0 Å². The molecule has 0 aromatic carbocycles. The maximum atomic E-state index is 10.3. The third-order valence-corrected chi connectivity index (χ3v) is 1.57. The molecule has 1 aromatic rings. The number of carbonyl (C=O) groups is 1. The Labute approximate surface area is 77.5 Å². The fourth-order valence-corrected chi connectivity index (χ4v) is 0.904. The van der Waals surface area contributed by atoms with Crippen LogP contribution in [0.5, 0.6) is 0 Å². The molecule has 3 heteroatoms. The number of aldehydes is 1. The van der Waals surface area contributed by atoms with Crippen LogP contribution < -0.4 is 5.32 Å². The van der Waals surface area contributed by atoms with Gasteiger partial charge in [0.15, 0.2) is 6.29 Å². The van der Waals surface area contributed by atoms with Gasteiger partial charge in [-0.05, 0) is 13.1 Å². The quantitative estimate of drug-likeness (QED) is 0.406. The van der Waals surface area contributed by atoms with Gasteiger partial charge in [-0.2, -0.15) is 0 Å². The molecule has 3 nitrogen and oxygen atoms in total. The topological polar surface area (TPSA) is 44.9 Å². The number of H-pyrrole nitrogens is 1. The van der Waals surface area contributed by atoms with Crippen molar-refractivity contribution in [2.45, 2.75) is 6.42 Å². The van der Waals surface area contributed by atoms with E-state index < -0.39 is 0 Å². The Morgan fingerprint density at radius 3 is 3.15 bits per heavy atom. The summed E-state index contributed by atoms with van der Waals surface area (Å²) in [4.78, 5) is 13.1. The van der Waals surface area contributed by atoms with Crippen molar-refractivity contribution in [2.75, 3.05) is 13.6 Å². The minimum absolute atomic E-state index is 0.568. The number of nitrogens with one attached hydrogen (secondary N) is 2. The minimum atomic E-state index is 0.568. The number of hydrogen-bond donors (Lipinski definition) is 2. The van der Waals surface area contributed by atoms with Gasteiger partial charge in [-0.25, -0.2) is 0 Å². The number of hydrogen-bond acceptors (Lipinski definition) is 2. The van der Waals surface area contributed by atoms with Crippen LogP contribution >= 0.6 is 0 Å². The summed E-state index contributed by atoms with van der Waals surface area (Å²) in [6.07, 6.45) is 3.33. The van der Waals surface area contributed by atoms with Crippen molar-refractivity contribution in [2.24, 2.45) is 0 Å². The first-order chi connectivity index (χ1) is 6.36. The van der Waals surface area contributed by atoms with E-state index in [-0.39, 0.29) is 0 Å². The maximum absolute atomic E-state index is 10.3. The van der Waals surface area contributed by atoms with Crippen molar-refractivity contribution in [3.05, 3.63) is 23.5 Å². The number of aromatic nitrogens is 1. The lowest BCUT2D eigenvalue weighted by molar-refractivity contribution is 0.111. The molecule has 1 heterocycles. The molecule has 0 saturated carbocycles. The van der Waals surface area contributed by atoms with Crippen LogP contribution in [0, 0.1) is 11.8 Å². The second-order valence-corrected chi connectivity index (χ2v) is 2.62. The summed E-state index contributed by atoms with van der Waals surface area (Å²) in [5.74, 6) is 5.95. The molecule has 2 N–H and O–H groups in total. The van der Waals surface area contributed by atoms with E-state index in [1.54, 1.807) is 12.3 Å². The second kappa shape index (κ2) is 5.18. The highest BCUT2D eigenvalue weighted by Gasteiger charge is 1.92. The van der Waals surface area contributed by atoms with Crippen LogP contribution in [-0.4, -0.2) is 24.9 Å². The van der Waals surface area contributed by atoms with Crippen LogP contribution in [0.15, 0.2) is 12.3 Å². The van der Waals surface area contributed by atoms with E-state index >= 15 is 0 Å². The molecule has 1 aromatic heterocycles. The monoisotopic (exact) mass is 176 g/mol. The van der Waals surface area contributed by atoms with Gasteiger partial charge in [0, 0.05) is 24.7 Å². The summed E-state index contributed by atoms with van der Waals surface area (Å²) in [6.45, 7) is 0.887. The highest BCUT2D eigenvalue weighted by atomic mass is 16.1. The van der Waals surface area contributed by atoms with Gasteiger partial charge in [0.2, 0.25) is 0 Å². The van der Waals surface area contributed by atoms with E-state index in [4.69, 9.17) is 0 Å². The van der Waals surface area contributed by atoms with Crippen LogP contribution in [0.3, 0.4) is 0 Å². The molecular formula is C10H12N2O. The van der Waals surface area contributed by atoms with Gasteiger partial charge < -0.3 is 10.3 Å². The van der Waals surface area contributed by atoms with Gasteiger partial charge in [-0.1, -0.05) is 11.8 Å². The van der Waals surface area contributed by atoms with Crippen molar-refractivity contribution in [1.82, 2.24) is 10.3 Å². The average molecular weight is 176 g/mol. The van der Waals surface area contributed by atoms with Gasteiger partial charge in [0.25, 0.3) is 0 Å². The van der Waals surface area contributed by atoms with Crippen LogP contribution in [0.1, 0.15) is 22.5 Å². The van der Waals surface area contributed by atoms with Gasteiger partial charge in [0.1, 0.15) is 0 Å². The zero-order valence-electron chi connectivity index (χ0n) is 7.55. The van der Waals surface area contributed by atoms with Crippen LogP contribution in [0.25, 0.3) is 0 Å². The Morgan fingerprint density at radius 2 is 2.54 bits per heavy atom. The predicted molar refractivity (Wildman–Crippen MR) is 51.6 cm³/mol. The molecule has 0 amide bonds. The molecule has 0 unspecified atom stereocenters. The highest BCUT2D eigenvalue weighted by molar-refractivity contribution is 5.72. The molecule has 0 atom stereocenters. The Morgan fingerprint density at radius 1 is 1.69 bits per heavy atom. The first-order valence-corrected chi connectivity index (χ1v) is 4.14. The molecule has 0 fully saturated rings. The third kappa shape index (κ3) is 3.14. The van der Waals surface area contributed by atoms with E-state index in [0.717, 1.165) is 24.8 Å². The molecular weight excluding hydrogens is 164 g/mol. The van der Waals surface area contributed by atoms with Crippen molar-refractivity contribution < 1.29 is 4.79 Å². The average Bonchev–Trinajstić information content (AvgIpc) is 2.60. The second-order valence-electron chi connectivity index (χ2n) is 2.62. The molecule has 1 rings (SSSR count).